The molecule has 2 N–H and O–H groups in total. The van der Waals surface area contributed by atoms with Crippen LogP contribution in [-0.2, 0) is 0 Å². The minimum atomic E-state index is -0.595. The number of rotatable bonds is 1. The molecule has 6 nitrogen and oxygen atoms in total. The molecule has 0 radical (unpaired) electrons. The number of H-pyrrole nitrogens is 2. The van der Waals surface area contributed by atoms with Crippen LogP contribution < -0.4 is 11.4 Å². The van der Waals surface area contributed by atoms with Crippen LogP contribution in [0.5, 0.6) is 0 Å². The van der Waals surface area contributed by atoms with E-state index in [1.54, 1.807) is 12.1 Å². The molecule has 0 aliphatic rings. The summed E-state index contributed by atoms with van der Waals surface area (Å²) in [6.45, 7) is 0. The van der Waals surface area contributed by atoms with Crippen LogP contribution in [0.1, 0.15) is 5.56 Å². The van der Waals surface area contributed by atoms with Gasteiger partial charge in [0, 0.05) is 0 Å². The third kappa shape index (κ3) is 1.36. The molecular weight excluding hydrogens is 196 g/mol. The summed E-state index contributed by atoms with van der Waals surface area (Å²) in [6.07, 6.45) is 0. The highest BCUT2D eigenvalue weighted by molar-refractivity contribution is 5.48. The number of hydrogen-bond acceptors (Lipinski definition) is 3. The van der Waals surface area contributed by atoms with Crippen LogP contribution in [0.2, 0.25) is 0 Å². The predicted molar refractivity (Wildman–Crippen MR) is 51.7 cm³/mol. The summed E-state index contributed by atoms with van der Waals surface area (Å²) in [5, 5.41) is 13.1. The Morgan fingerprint density at radius 3 is 2.33 bits per heavy atom. The third-order valence-electron chi connectivity index (χ3n) is 1.95. The second kappa shape index (κ2) is 3.31. The van der Waals surface area contributed by atoms with Gasteiger partial charge in [-0.2, -0.15) is 5.26 Å². The van der Waals surface area contributed by atoms with Gasteiger partial charge < -0.3 is 0 Å². The molecule has 0 aliphatic carbocycles. The number of nitriles is 1. The van der Waals surface area contributed by atoms with E-state index in [2.05, 4.69) is 10.2 Å². The monoisotopic (exact) mass is 202 g/mol. The van der Waals surface area contributed by atoms with Gasteiger partial charge in [0.1, 0.15) is 6.07 Å². The zero-order chi connectivity index (χ0) is 10.8. The molecule has 1 aromatic carbocycles. The van der Waals surface area contributed by atoms with Crippen molar-refractivity contribution in [2.24, 2.45) is 0 Å². The van der Waals surface area contributed by atoms with Crippen LogP contribution in [0, 0.1) is 11.3 Å². The SMILES string of the molecule is N#Cc1ccccc1-n1c(=O)[nH][nH]c1=O. The summed E-state index contributed by atoms with van der Waals surface area (Å²) in [5.74, 6) is 0. The third-order valence-corrected chi connectivity index (χ3v) is 1.95. The van der Waals surface area contributed by atoms with E-state index in [1.165, 1.54) is 12.1 Å². The standard InChI is InChI=1S/C9H6N4O2/c10-5-6-3-1-2-4-7(6)13-8(14)11-12-9(13)15/h1-4H,(H,11,14)(H,12,15). The molecule has 74 valence electrons. The molecule has 2 rings (SSSR count). The highest BCUT2D eigenvalue weighted by Gasteiger charge is 2.09. The number of benzene rings is 1. The van der Waals surface area contributed by atoms with Gasteiger partial charge in [0.05, 0.1) is 11.3 Å². The topological polar surface area (TPSA) is 94.4 Å². The minimum absolute atomic E-state index is 0.268. The van der Waals surface area contributed by atoms with Crippen LogP contribution in [0.4, 0.5) is 0 Å². The Balaban J connectivity index is 2.82. The van der Waals surface area contributed by atoms with E-state index in [0.29, 0.717) is 0 Å². The highest BCUT2D eigenvalue weighted by Crippen LogP contribution is 2.08. The lowest BCUT2D eigenvalue weighted by Crippen LogP contribution is -2.25. The van der Waals surface area contributed by atoms with Gasteiger partial charge in [-0.25, -0.2) is 24.4 Å². The van der Waals surface area contributed by atoms with Crippen molar-refractivity contribution in [1.82, 2.24) is 14.8 Å². The van der Waals surface area contributed by atoms with Gasteiger partial charge in [-0.1, -0.05) is 12.1 Å². The van der Waals surface area contributed by atoms with Crippen LogP contribution in [0.15, 0.2) is 33.9 Å². The van der Waals surface area contributed by atoms with Gasteiger partial charge >= 0.3 is 11.4 Å². The molecule has 1 aromatic heterocycles. The molecule has 0 bridgehead atoms. The highest BCUT2D eigenvalue weighted by atomic mass is 16.2. The Morgan fingerprint density at radius 2 is 1.73 bits per heavy atom. The van der Waals surface area contributed by atoms with Crippen molar-refractivity contribution in [3.8, 4) is 11.8 Å². The lowest BCUT2D eigenvalue weighted by Gasteiger charge is -2.00. The second-order valence-electron chi connectivity index (χ2n) is 2.82. The van der Waals surface area contributed by atoms with Crippen molar-refractivity contribution in [3.05, 3.63) is 50.8 Å². The molecule has 0 unspecified atom stereocenters. The number of para-hydroxylation sites is 1. The molecule has 0 spiro atoms. The molecule has 0 fully saturated rings. The van der Waals surface area contributed by atoms with Crippen LogP contribution in [-0.4, -0.2) is 14.8 Å². The van der Waals surface area contributed by atoms with E-state index >= 15 is 0 Å². The summed E-state index contributed by atoms with van der Waals surface area (Å²) < 4.78 is 0.874. The van der Waals surface area contributed by atoms with E-state index in [4.69, 9.17) is 5.26 Å². The predicted octanol–water partition coefficient (Wildman–Crippen LogP) is -0.274. The Hall–Kier alpha value is -2.55. The maximum Gasteiger partial charge on any atom is 0.349 e. The molecule has 0 aliphatic heterocycles. The normalized spacial score (nSPS) is 9.80. The second-order valence-corrected chi connectivity index (χ2v) is 2.82. The first kappa shape index (κ1) is 9.02. The van der Waals surface area contributed by atoms with E-state index in [9.17, 15) is 9.59 Å². The van der Waals surface area contributed by atoms with Crippen LogP contribution >= 0.6 is 0 Å². The zero-order valence-corrected chi connectivity index (χ0v) is 7.52. The van der Waals surface area contributed by atoms with Crippen LogP contribution in [0.25, 0.3) is 5.69 Å². The van der Waals surface area contributed by atoms with E-state index in [0.717, 1.165) is 4.57 Å². The summed E-state index contributed by atoms with van der Waals surface area (Å²) in [4.78, 5) is 22.6. The van der Waals surface area contributed by atoms with Crippen molar-refractivity contribution in [2.75, 3.05) is 0 Å². The molecule has 2 aromatic rings. The molecule has 0 saturated carbocycles. The zero-order valence-electron chi connectivity index (χ0n) is 7.52. The first-order chi connectivity index (χ1) is 7.24. The fraction of sp³-hybridized carbons (Fsp3) is 0. The Labute approximate surface area is 83.4 Å². The molecule has 0 saturated heterocycles. The van der Waals surface area contributed by atoms with Crippen molar-refractivity contribution in [2.45, 2.75) is 0 Å². The van der Waals surface area contributed by atoms with E-state index in [1.807, 2.05) is 6.07 Å². The smallest absolute Gasteiger partial charge is 0.247 e. The Morgan fingerprint density at radius 1 is 1.13 bits per heavy atom. The Bertz CT molecular complexity index is 613. The maximum absolute atomic E-state index is 11.3. The molecule has 0 amide bonds. The first-order valence-corrected chi connectivity index (χ1v) is 4.13. The van der Waals surface area contributed by atoms with Gasteiger partial charge in [0.2, 0.25) is 0 Å². The summed E-state index contributed by atoms with van der Waals surface area (Å²) in [6, 6.07) is 8.29. The van der Waals surface area contributed by atoms with Crippen molar-refractivity contribution in [1.29, 1.82) is 5.26 Å². The average Bonchev–Trinajstić information content (AvgIpc) is 2.59. The molecule has 1 heterocycles. The lowest BCUT2D eigenvalue weighted by molar-refractivity contribution is 0.947. The van der Waals surface area contributed by atoms with Gasteiger partial charge in [0.15, 0.2) is 0 Å². The molecule has 15 heavy (non-hydrogen) atoms. The van der Waals surface area contributed by atoms with Crippen LogP contribution in [0.3, 0.4) is 0 Å². The summed E-state index contributed by atoms with van der Waals surface area (Å²) >= 11 is 0. The number of nitrogens with one attached hydrogen (secondary N) is 2. The quantitative estimate of drug-likeness (QED) is 0.666. The fourth-order valence-corrected chi connectivity index (χ4v) is 1.29. The average molecular weight is 202 g/mol. The maximum atomic E-state index is 11.3. The molecule has 0 atom stereocenters. The Kier molecular flexibility index (Phi) is 1.99. The van der Waals surface area contributed by atoms with Crippen molar-refractivity contribution < 1.29 is 0 Å². The number of nitrogens with zero attached hydrogens (tertiary/aromatic N) is 2. The fourth-order valence-electron chi connectivity index (χ4n) is 1.29. The van der Waals surface area contributed by atoms with Gasteiger partial charge in [-0.3, -0.25) is 0 Å². The van der Waals surface area contributed by atoms with Gasteiger partial charge in [0.25, 0.3) is 0 Å². The van der Waals surface area contributed by atoms with Crippen molar-refractivity contribution in [3.63, 3.8) is 0 Å². The lowest BCUT2D eigenvalue weighted by atomic mass is 10.2. The first-order valence-electron chi connectivity index (χ1n) is 4.13. The van der Waals surface area contributed by atoms with Gasteiger partial charge in [-0.15, -0.1) is 0 Å². The molecule has 6 heteroatoms. The van der Waals surface area contributed by atoms with E-state index in [-0.39, 0.29) is 11.3 Å². The van der Waals surface area contributed by atoms with E-state index < -0.39 is 11.4 Å². The number of aromatic nitrogens is 3. The largest absolute Gasteiger partial charge is 0.349 e. The number of aromatic amines is 2. The molecular formula is C9H6N4O2. The number of hydrogen-bond donors (Lipinski definition) is 2. The summed E-state index contributed by atoms with van der Waals surface area (Å²) in [5.41, 5.74) is -0.650. The summed E-state index contributed by atoms with van der Waals surface area (Å²) in [7, 11) is 0. The van der Waals surface area contributed by atoms with Gasteiger partial charge in [-0.05, 0) is 12.1 Å². The minimum Gasteiger partial charge on any atom is -0.247 e. The van der Waals surface area contributed by atoms with Crippen molar-refractivity contribution >= 4 is 0 Å².